The molecule has 17 heavy (non-hydrogen) atoms. The van der Waals surface area contributed by atoms with Gasteiger partial charge >= 0.3 is 0 Å². The van der Waals surface area contributed by atoms with E-state index in [0.29, 0.717) is 5.92 Å². The number of aromatic nitrogens is 1. The van der Waals surface area contributed by atoms with Crippen molar-refractivity contribution < 1.29 is 0 Å². The highest BCUT2D eigenvalue weighted by Crippen LogP contribution is 2.45. The van der Waals surface area contributed by atoms with E-state index in [1.807, 2.05) is 0 Å². The van der Waals surface area contributed by atoms with E-state index in [1.54, 1.807) is 11.3 Å². The minimum Gasteiger partial charge on any atom is -0.389 e. The van der Waals surface area contributed by atoms with Crippen molar-refractivity contribution in [3.63, 3.8) is 0 Å². The molecule has 1 fully saturated rings. The molecule has 0 atom stereocenters. The van der Waals surface area contributed by atoms with Gasteiger partial charge in [0.05, 0.1) is 5.01 Å². The van der Waals surface area contributed by atoms with Gasteiger partial charge in [-0.05, 0) is 32.3 Å². The first kappa shape index (κ1) is 10.8. The van der Waals surface area contributed by atoms with Gasteiger partial charge in [-0.2, -0.15) is 0 Å². The third-order valence-corrected chi connectivity index (χ3v) is 4.28. The third kappa shape index (κ3) is 1.95. The quantitative estimate of drug-likeness (QED) is 0.870. The minimum absolute atomic E-state index is 0.682. The minimum atomic E-state index is 0.682. The molecule has 1 heterocycles. The van der Waals surface area contributed by atoms with Gasteiger partial charge in [-0.25, -0.2) is 4.98 Å². The Morgan fingerprint density at radius 3 is 2.71 bits per heavy atom. The first-order chi connectivity index (χ1) is 8.15. The van der Waals surface area contributed by atoms with Crippen molar-refractivity contribution in [3.8, 4) is 11.3 Å². The van der Waals surface area contributed by atoms with Gasteiger partial charge in [0, 0.05) is 11.5 Å². The standard InChI is InChI=1S/C14H16N2S/c1-8-3-6-11(9(2)7-8)12-13(15)17-14(16-12)10-4-5-10/h3,6-7,10H,4-5,15H2,1-2H3. The van der Waals surface area contributed by atoms with Gasteiger partial charge in [0.2, 0.25) is 0 Å². The summed E-state index contributed by atoms with van der Waals surface area (Å²) in [4.78, 5) is 4.73. The summed E-state index contributed by atoms with van der Waals surface area (Å²) in [6.45, 7) is 4.23. The molecule has 0 saturated heterocycles. The van der Waals surface area contributed by atoms with Crippen LogP contribution in [0.4, 0.5) is 5.00 Å². The Bertz CT molecular complexity index is 568. The second-order valence-electron chi connectivity index (χ2n) is 4.86. The third-order valence-electron chi connectivity index (χ3n) is 3.23. The molecule has 0 radical (unpaired) electrons. The number of anilines is 1. The summed E-state index contributed by atoms with van der Waals surface area (Å²) in [7, 11) is 0. The molecule has 0 bridgehead atoms. The summed E-state index contributed by atoms with van der Waals surface area (Å²) in [6.07, 6.45) is 2.55. The summed E-state index contributed by atoms with van der Waals surface area (Å²) in [6, 6.07) is 6.44. The Kier molecular flexibility index (Phi) is 2.44. The molecule has 1 saturated carbocycles. The van der Waals surface area contributed by atoms with Crippen LogP contribution in [0, 0.1) is 13.8 Å². The molecule has 1 aliphatic rings. The van der Waals surface area contributed by atoms with Gasteiger partial charge in [0.1, 0.15) is 10.7 Å². The van der Waals surface area contributed by atoms with Crippen LogP contribution in [0.15, 0.2) is 18.2 Å². The predicted molar refractivity (Wildman–Crippen MR) is 73.4 cm³/mol. The molecule has 2 nitrogen and oxygen atoms in total. The van der Waals surface area contributed by atoms with Gasteiger partial charge in [0.15, 0.2) is 0 Å². The number of nitrogens with two attached hydrogens (primary N) is 1. The largest absolute Gasteiger partial charge is 0.389 e. The molecular formula is C14H16N2S. The summed E-state index contributed by atoms with van der Waals surface area (Å²) in [5.74, 6) is 0.682. The lowest BCUT2D eigenvalue weighted by Crippen LogP contribution is -1.89. The van der Waals surface area contributed by atoms with Crippen LogP contribution < -0.4 is 5.73 Å². The van der Waals surface area contributed by atoms with E-state index in [0.717, 1.165) is 10.7 Å². The van der Waals surface area contributed by atoms with Gasteiger partial charge in [0.25, 0.3) is 0 Å². The Hall–Kier alpha value is -1.35. The van der Waals surface area contributed by atoms with Crippen LogP contribution in [0.1, 0.15) is 34.9 Å². The molecule has 3 rings (SSSR count). The number of hydrogen-bond acceptors (Lipinski definition) is 3. The van der Waals surface area contributed by atoms with E-state index < -0.39 is 0 Å². The first-order valence-corrected chi connectivity index (χ1v) is 6.80. The Morgan fingerprint density at radius 1 is 1.29 bits per heavy atom. The maximum atomic E-state index is 6.10. The van der Waals surface area contributed by atoms with Crippen molar-refractivity contribution in [2.24, 2.45) is 0 Å². The summed E-state index contributed by atoms with van der Waals surface area (Å²) < 4.78 is 0. The van der Waals surface area contributed by atoms with E-state index in [2.05, 4.69) is 32.0 Å². The van der Waals surface area contributed by atoms with Crippen LogP contribution in [0.3, 0.4) is 0 Å². The maximum Gasteiger partial charge on any atom is 0.114 e. The molecule has 0 unspecified atom stereocenters. The fourth-order valence-corrected chi connectivity index (χ4v) is 3.14. The van der Waals surface area contributed by atoms with Crippen molar-refractivity contribution in [1.82, 2.24) is 4.98 Å². The zero-order valence-electron chi connectivity index (χ0n) is 10.2. The smallest absolute Gasteiger partial charge is 0.114 e. The molecule has 0 amide bonds. The second kappa shape index (κ2) is 3.84. The van der Waals surface area contributed by atoms with Crippen molar-refractivity contribution in [1.29, 1.82) is 0 Å². The van der Waals surface area contributed by atoms with E-state index in [9.17, 15) is 0 Å². The summed E-state index contributed by atoms with van der Waals surface area (Å²) >= 11 is 1.66. The fourth-order valence-electron chi connectivity index (χ4n) is 2.13. The fraction of sp³-hybridized carbons (Fsp3) is 0.357. The molecular weight excluding hydrogens is 228 g/mol. The summed E-state index contributed by atoms with van der Waals surface area (Å²) in [5.41, 5.74) is 10.8. The van der Waals surface area contributed by atoms with Crippen LogP contribution in [0.5, 0.6) is 0 Å². The molecule has 0 aliphatic heterocycles. The summed E-state index contributed by atoms with van der Waals surface area (Å²) in [5, 5.41) is 2.08. The normalized spacial score (nSPS) is 15.2. The van der Waals surface area contributed by atoms with E-state index in [1.165, 1.54) is 34.5 Å². The van der Waals surface area contributed by atoms with E-state index in [-0.39, 0.29) is 0 Å². The number of benzene rings is 1. The highest BCUT2D eigenvalue weighted by Gasteiger charge is 2.28. The molecule has 0 spiro atoms. The molecule has 1 aromatic heterocycles. The number of nitrogens with zero attached hydrogens (tertiary/aromatic N) is 1. The van der Waals surface area contributed by atoms with Gasteiger partial charge in [-0.3, -0.25) is 0 Å². The predicted octanol–water partition coefficient (Wildman–Crippen LogP) is 3.89. The van der Waals surface area contributed by atoms with Crippen LogP contribution in [0.25, 0.3) is 11.3 Å². The maximum absolute atomic E-state index is 6.10. The van der Waals surface area contributed by atoms with Gasteiger partial charge in [-0.15, -0.1) is 11.3 Å². The van der Waals surface area contributed by atoms with Crippen molar-refractivity contribution in [3.05, 3.63) is 34.3 Å². The molecule has 1 aromatic carbocycles. The van der Waals surface area contributed by atoms with Gasteiger partial charge < -0.3 is 5.73 Å². The SMILES string of the molecule is Cc1ccc(-c2nc(C3CC3)sc2N)c(C)c1. The van der Waals surface area contributed by atoms with Crippen molar-refractivity contribution >= 4 is 16.3 Å². The highest BCUT2D eigenvalue weighted by molar-refractivity contribution is 7.16. The second-order valence-corrected chi connectivity index (χ2v) is 5.92. The van der Waals surface area contributed by atoms with Crippen LogP contribution in [-0.4, -0.2) is 4.98 Å². The molecule has 2 aromatic rings. The van der Waals surface area contributed by atoms with Gasteiger partial charge in [-0.1, -0.05) is 23.8 Å². The Morgan fingerprint density at radius 2 is 2.06 bits per heavy atom. The number of rotatable bonds is 2. The molecule has 2 N–H and O–H groups in total. The zero-order valence-corrected chi connectivity index (χ0v) is 11.0. The first-order valence-electron chi connectivity index (χ1n) is 5.99. The van der Waals surface area contributed by atoms with Crippen molar-refractivity contribution in [2.45, 2.75) is 32.6 Å². The number of aryl methyl sites for hydroxylation is 2. The Labute approximate surface area is 106 Å². The Balaban J connectivity index is 2.07. The van der Waals surface area contributed by atoms with Crippen LogP contribution in [-0.2, 0) is 0 Å². The average molecular weight is 244 g/mol. The zero-order chi connectivity index (χ0) is 12.0. The number of hydrogen-bond donors (Lipinski definition) is 1. The lowest BCUT2D eigenvalue weighted by atomic mass is 10.0. The molecule has 1 aliphatic carbocycles. The van der Waals surface area contributed by atoms with Crippen LogP contribution >= 0.6 is 11.3 Å². The highest BCUT2D eigenvalue weighted by atomic mass is 32.1. The average Bonchev–Trinajstić information content (AvgIpc) is 3.04. The lowest BCUT2D eigenvalue weighted by Gasteiger charge is -2.04. The number of nitrogen functional groups attached to an aromatic ring is 1. The van der Waals surface area contributed by atoms with Crippen molar-refractivity contribution in [2.75, 3.05) is 5.73 Å². The topological polar surface area (TPSA) is 38.9 Å². The lowest BCUT2D eigenvalue weighted by molar-refractivity contribution is 1.08. The molecule has 88 valence electrons. The molecule has 3 heteroatoms. The van der Waals surface area contributed by atoms with E-state index >= 15 is 0 Å². The monoisotopic (exact) mass is 244 g/mol. The number of thiazole rings is 1. The van der Waals surface area contributed by atoms with E-state index in [4.69, 9.17) is 10.7 Å². The van der Waals surface area contributed by atoms with Crippen LogP contribution in [0.2, 0.25) is 0 Å².